The van der Waals surface area contributed by atoms with Gasteiger partial charge in [-0.1, -0.05) is 28.1 Å². The van der Waals surface area contributed by atoms with Crippen molar-refractivity contribution in [2.24, 2.45) is 0 Å². The summed E-state index contributed by atoms with van der Waals surface area (Å²) in [6, 6.07) is 11.6. The van der Waals surface area contributed by atoms with Crippen LogP contribution in [0.1, 0.15) is 27.2 Å². The zero-order chi connectivity index (χ0) is 16.4. The van der Waals surface area contributed by atoms with Crippen LogP contribution >= 0.6 is 15.9 Å². The van der Waals surface area contributed by atoms with Gasteiger partial charge in [-0.2, -0.15) is 0 Å². The van der Waals surface area contributed by atoms with Crippen LogP contribution in [-0.4, -0.2) is 15.9 Å². The largest absolute Gasteiger partial charge is 0.348 e. The smallest absolute Gasteiger partial charge is 0.254 e. The van der Waals surface area contributed by atoms with E-state index in [0.717, 1.165) is 26.8 Å². The van der Waals surface area contributed by atoms with Crippen LogP contribution in [0.3, 0.4) is 0 Å². The van der Waals surface area contributed by atoms with E-state index in [4.69, 9.17) is 0 Å². The number of benzene rings is 1. The number of hydrogen-bond acceptors (Lipinski definition) is 3. The average molecular weight is 370 g/mol. The molecule has 0 aliphatic carbocycles. The molecule has 116 valence electrons. The van der Waals surface area contributed by atoms with Crippen LogP contribution in [0.5, 0.6) is 0 Å². The molecule has 0 fully saturated rings. The lowest BCUT2D eigenvalue weighted by atomic mass is 10.0. The van der Waals surface area contributed by atoms with Gasteiger partial charge in [0, 0.05) is 22.9 Å². The maximum Gasteiger partial charge on any atom is 0.254 e. The maximum atomic E-state index is 12.7. The lowest BCUT2D eigenvalue weighted by Gasteiger charge is -2.12. The van der Waals surface area contributed by atoms with Crippen molar-refractivity contribution in [2.45, 2.75) is 20.4 Å². The second-order valence-corrected chi connectivity index (χ2v) is 6.29. The topological polar surface area (TPSA) is 54.9 Å². The van der Waals surface area contributed by atoms with E-state index in [1.54, 1.807) is 6.20 Å². The molecule has 0 spiro atoms. The number of carbonyl (C=O) groups excluding carboxylic acids is 1. The van der Waals surface area contributed by atoms with Crippen molar-refractivity contribution in [3.63, 3.8) is 0 Å². The van der Waals surface area contributed by atoms with Gasteiger partial charge in [0.15, 0.2) is 0 Å². The first-order chi connectivity index (χ1) is 11.1. The van der Waals surface area contributed by atoms with Gasteiger partial charge in [-0.3, -0.25) is 14.8 Å². The number of nitrogens with one attached hydrogen (secondary N) is 1. The average Bonchev–Trinajstić information content (AvgIpc) is 2.55. The van der Waals surface area contributed by atoms with E-state index in [9.17, 15) is 4.79 Å². The number of pyridine rings is 2. The minimum Gasteiger partial charge on any atom is -0.348 e. The Labute approximate surface area is 143 Å². The summed E-state index contributed by atoms with van der Waals surface area (Å²) in [5.41, 5.74) is 4.74. The number of hydrogen-bond donors (Lipinski definition) is 1. The van der Waals surface area contributed by atoms with Crippen LogP contribution in [0.4, 0.5) is 0 Å². The molecule has 2 aromatic heterocycles. The first-order valence-electron chi connectivity index (χ1n) is 7.31. The number of aryl methyl sites for hydroxylation is 1. The predicted molar refractivity (Wildman–Crippen MR) is 94.3 cm³/mol. The fourth-order valence-electron chi connectivity index (χ4n) is 2.45. The first-order valence-corrected chi connectivity index (χ1v) is 8.10. The third-order valence-corrected chi connectivity index (χ3v) is 4.35. The van der Waals surface area contributed by atoms with E-state index in [0.29, 0.717) is 17.6 Å². The van der Waals surface area contributed by atoms with Crippen LogP contribution < -0.4 is 5.32 Å². The molecule has 4 nitrogen and oxygen atoms in total. The van der Waals surface area contributed by atoms with Crippen LogP contribution in [0.2, 0.25) is 0 Å². The van der Waals surface area contributed by atoms with Crippen molar-refractivity contribution < 1.29 is 4.79 Å². The summed E-state index contributed by atoms with van der Waals surface area (Å²) in [5.74, 6) is -0.125. The molecule has 3 aromatic rings. The van der Waals surface area contributed by atoms with Gasteiger partial charge in [0.2, 0.25) is 0 Å². The van der Waals surface area contributed by atoms with Crippen LogP contribution in [0, 0.1) is 13.8 Å². The Morgan fingerprint density at radius 1 is 1.17 bits per heavy atom. The molecular formula is C18H16BrN3O. The molecule has 1 N–H and O–H groups in total. The van der Waals surface area contributed by atoms with Gasteiger partial charge < -0.3 is 5.32 Å². The lowest BCUT2D eigenvalue weighted by Crippen LogP contribution is -2.24. The minimum atomic E-state index is -0.125. The normalized spacial score (nSPS) is 10.7. The molecule has 0 aliphatic rings. The molecule has 0 unspecified atom stereocenters. The molecule has 0 aliphatic heterocycles. The molecular weight excluding hydrogens is 354 g/mol. The highest BCUT2D eigenvalue weighted by molar-refractivity contribution is 9.10. The zero-order valence-electron chi connectivity index (χ0n) is 12.9. The molecule has 0 saturated carbocycles. The molecule has 1 aromatic carbocycles. The van der Waals surface area contributed by atoms with Crippen molar-refractivity contribution in [1.82, 2.24) is 15.3 Å². The summed E-state index contributed by atoms with van der Waals surface area (Å²) in [4.78, 5) is 21.5. The third-order valence-electron chi connectivity index (χ3n) is 3.82. The molecule has 23 heavy (non-hydrogen) atoms. The Balaban J connectivity index is 1.91. The number of carbonyl (C=O) groups is 1. The molecule has 2 heterocycles. The van der Waals surface area contributed by atoms with E-state index < -0.39 is 0 Å². The number of aromatic nitrogens is 2. The lowest BCUT2D eigenvalue weighted by molar-refractivity contribution is 0.0951. The maximum absolute atomic E-state index is 12.7. The van der Waals surface area contributed by atoms with E-state index in [1.165, 1.54) is 0 Å². The molecule has 1 amide bonds. The third kappa shape index (κ3) is 3.24. The summed E-state index contributed by atoms with van der Waals surface area (Å²) >= 11 is 3.40. The standard InChI is InChI=1S/C18H16BrN3O/c1-11-12(2)22-15-4-3-9-20-17(15)16(11)18(23)21-10-13-5-7-14(19)8-6-13/h3-9H,10H2,1-2H3,(H,21,23). The highest BCUT2D eigenvalue weighted by Gasteiger charge is 2.17. The second-order valence-electron chi connectivity index (χ2n) is 5.38. The van der Waals surface area contributed by atoms with Gasteiger partial charge in [0.05, 0.1) is 11.1 Å². The van der Waals surface area contributed by atoms with Gasteiger partial charge in [-0.15, -0.1) is 0 Å². The van der Waals surface area contributed by atoms with Gasteiger partial charge in [-0.05, 0) is 49.2 Å². The Morgan fingerprint density at radius 3 is 2.65 bits per heavy atom. The summed E-state index contributed by atoms with van der Waals surface area (Å²) in [6.07, 6.45) is 1.68. The van der Waals surface area contributed by atoms with Crippen molar-refractivity contribution in [3.05, 3.63) is 69.5 Å². The van der Waals surface area contributed by atoms with Crippen molar-refractivity contribution in [2.75, 3.05) is 0 Å². The highest BCUT2D eigenvalue weighted by atomic mass is 79.9. The second kappa shape index (κ2) is 6.46. The Hall–Kier alpha value is -2.27. The zero-order valence-corrected chi connectivity index (χ0v) is 14.5. The van der Waals surface area contributed by atoms with Crippen molar-refractivity contribution in [1.29, 1.82) is 0 Å². The van der Waals surface area contributed by atoms with Crippen molar-refractivity contribution in [3.8, 4) is 0 Å². The van der Waals surface area contributed by atoms with Gasteiger partial charge >= 0.3 is 0 Å². The molecule has 3 rings (SSSR count). The van der Waals surface area contributed by atoms with E-state index in [-0.39, 0.29) is 5.91 Å². The summed E-state index contributed by atoms with van der Waals surface area (Å²) in [6.45, 7) is 4.29. The van der Waals surface area contributed by atoms with Gasteiger partial charge in [0.25, 0.3) is 5.91 Å². The monoisotopic (exact) mass is 369 g/mol. The van der Waals surface area contributed by atoms with Crippen molar-refractivity contribution >= 4 is 32.9 Å². The number of fused-ring (bicyclic) bond motifs is 1. The number of halogens is 1. The van der Waals surface area contributed by atoms with E-state index in [1.807, 2.05) is 50.2 Å². The number of amides is 1. The molecule has 0 radical (unpaired) electrons. The van der Waals surface area contributed by atoms with E-state index >= 15 is 0 Å². The highest BCUT2D eigenvalue weighted by Crippen LogP contribution is 2.21. The first kappa shape index (κ1) is 15.6. The van der Waals surface area contributed by atoms with Crippen LogP contribution in [0.15, 0.2) is 47.1 Å². The molecule has 0 saturated heterocycles. The molecule has 0 bridgehead atoms. The van der Waals surface area contributed by atoms with Gasteiger partial charge in [-0.25, -0.2) is 0 Å². The predicted octanol–water partition coefficient (Wildman–Crippen LogP) is 3.94. The SMILES string of the molecule is Cc1nc2cccnc2c(C(=O)NCc2ccc(Br)cc2)c1C. The Morgan fingerprint density at radius 2 is 1.91 bits per heavy atom. The Bertz CT molecular complexity index is 875. The molecule has 5 heteroatoms. The Kier molecular flexibility index (Phi) is 4.39. The summed E-state index contributed by atoms with van der Waals surface area (Å²) in [5, 5.41) is 2.97. The van der Waals surface area contributed by atoms with E-state index in [2.05, 4.69) is 31.2 Å². The minimum absolute atomic E-state index is 0.125. The fraction of sp³-hybridized carbons (Fsp3) is 0.167. The number of nitrogens with zero attached hydrogens (tertiary/aromatic N) is 2. The number of rotatable bonds is 3. The van der Waals surface area contributed by atoms with Gasteiger partial charge in [0.1, 0.15) is 5.52 Å². The fourth-order valence-corrected chi connectivity index (χ4v) is 2.72. The quantitative estimate of drug-likeness (QED) is 0.760. The van der Waals surface area contributed by atoms with Crippen LogP contribution in [0.25, 0.3) is 11.0 Å². The molecule has 0 atom stereocenters. The summed E-state index contributed by atoms with van der Waals surface area (Å²) in [7, 11) is 0. The summed E-state index contributed by atoms with van der Waals surface area (Å²) < 4.78 is 1.02. The van der Waals surface area contributed by atoms with Crippen LogP contribution in [-0.2, 0) is 6.54 Å².